The van der Waals surface area contributed by atoms with Crippen molar-refractivity contribution < 1.29 is 4.74 Å². The summed E-state index contributed by atoms with van der Waals surface area (Å²) in [7, 11) is 1.77. The van der Waals surface area contributed by atoms with E-state index in [0.29, 0.717) is 12.0 Å². The van der Waals surface area contributed by atoms with Crippen molar-refractivity contribution in [3.05, 3.63) is 34.9 Å². The van der Waals surface area contributed by atoms with Gasteiger partial charge in [-0.25, -0.2) is 0 Å². The van der Waals surface area contributed by atoms with Crippen LogP contribution in [0.5, 0.6) is 0 Å². The zero-order chi connectivity index (χ0) is 13.5. The van der Waals surface area contributed by atoms with Gasteiger partial charge >= 0.3 is 0 Å². The lowest BCUT2D eigenvalue weighted by Crippen LogP contribution is -2.28. The largest absolute Gasteiger partial charge is 0.385 e. The summed E-state index contributed by atoms with van der Waals surface area (Å²) < 4.78 is 5.20. The van der Waals surface area contributed by atoms with E-state index in [1.165, 1.54) is 16.7 Å². The summed E-state index contributed by atoms with van der Waals surface area (Å²) in [5.41, 5.74) is 4.13. The number of methoxy groups -OCH3 is 1. The summed E-state index contributed by atoms with van der Waals surface area (Å²) in [4.78, 5) is 0. The van der Waals surface area contributed by atoms with Crippen LogP contribution >= 0.6 is 0 Å². The zero-order valence-corrected chi connectivity index (χ0v) is 12.4. The normalized spacial score (nSPS) is 14.5. The van der Waals surface area contributed by atoms with Crippen molar-refractivity contribution in [1.82, 2.24) is 5.32 Å². The number of nitrogens with one attached hydrogen (secondary N) is 1. The Kier molecular flexibility index (Phi) is 6.37. The number of hydrogen-bond donors (Lipinski definition) is 1. The molecule has 0 aromatic heterocycles. The molecule has 0 aliphatic carbocycles. The van der Waals surface area contributed by atoms with E-state index in [0.717, 1.165) is 19.6 Å². The Morgan fingerprint density at radius 3 is 2.61 bits per heavy atom. The van der Waals surface area contributed by atoms with Gasteiger partial charge in [-0.05, 0) is 43.9 Å². The van der Waals surface area contributed by atoms with Crippen molar-refractivity contribution in [2.45, 2.75) is 40.2 Å². The molecule has 0 heterocycles. The molecule has 0 saturated carbocycles. The quantitative estimate of drug-likeness (QED) is 0.797. The number of benzene rings is 1. The van der Waals surface area contributed by atoms with Crippen LogP contribution in [0.3, 0.4) is 0 Å². The van der Waals surface area contributed by atoms with Crippen LogP contribution in [0.2, 0.25) is 0 Å². The van der Waals surface area contributed by atoms with Crippen LogP contribution < -0.4 is 5.32 Å². The Hall–Kier alpha value is -0.860. The first kappa shape index (κ1) is 15.2. The monoisotopic (exact) mass is 249 g/mol. The van der Waals surface area contributed by atoms with E-state index in [1.807, 2.05) is 0 Å². The summed E-state index contributed by atoms with van der Waals surface area (Å²) in [5.74, 6) is 0.574. The molecule has 2 nitrogen and oxygen atoms in total. The molecule has 102 valence electrons. The highest BCUT2D eigenvalue weighted by molar-refractivity contribution is 5.33. The fourth-order valence-electron chi connectivity index (χ4n) is 2.40. The Labute approximate surface area is 112 Å². The minimum Gasteiger partial charge on any atom is -0.385 e. The van der Waals surface area contributed by atoms with Gasteiger partial charge in [0, 0.05) is 19.8 Å². The highest BCUT2D eigenvalue weighted by Gasteiger charge is 2.19. The van der Waals surface area contributed by atoms with Crippen LogP contribution in [0.25, 0.3) is 0 Å². The molecule has 2 heteroatoms. The maximum absolute atomic E-state index is 5.20. The Bertz CT molecular complexity index is 362. The molecular weight excluding hydrogens is 222 g/mol. The first-order valence-electron chi connectivity index (χ1n) is 6.89. The summed E-state index contributed by atoms with van der Waals surface area (Å²) in [6.07, 6.45) is 1.08. The summed E-state index contributed by atoms with van der Waals surface area (Å²) in [6.45, 7) is 10.6. The van der Waals surface area contributed by atoms with Gasteiger partial charge in [0.1, 0.15) is 0 Å². The average Bonchev–Trinajstić information content (AvgIpc) is 2.36. The first-order chi connectivity index (χ1) is 8.60. The fraction of sp³-hybridized carbons (Fsp3) is 0.625. The molecule has 2 atom stereocenters. The van der Waals surface area contributed by atoms with Crippen LogP contribution in [0.4, 0.5) is 0 Å². The van der Waals surface area contributed by atoms with Crippen LogP contribution in [0.15, 0.2) is 18.2 Å². The first-order valence-corrected chi connectivity index (χ1v) is 6.89. The number of rotatable bonds is 7. The van der Waals surface area contributed by atoms with Crippen LogP contribution in [0.1, 0.15) is 43.0 Å². The zero-order valence-electron chi connectivity index (χ0n) is 12.4. The molecule has 18 heavy (non-hydrogen) atoms. The second-order valence-electron chi connectivity index (χ2n) is 5.15. The third-order valence-electron chi connectivity index (χ3n) is 3.54. The van der Waals surface area contributed by atoms with Gasteiger partial charge in [0.05, 0.1) is 0 Å². The molecule has 0 amide bonds. The van der Waals surface area contributed by atoms with Gasteiger partial charge in [0.2, 0.25) is 0 Å². The highest BCUT2D eigenvalue weighted by atomic mass is 16.5. The smallest absolute Gasteiger partial charge is 0.0465 e. The molecule has 0 saturated heterocycles. The summed E-state index contributed by atoms with van der Waals surface area (Å²) >= 11 is 0. The Morgan fingerprint density at radius 1 is 1.28 bits per heavy atom. The number of aryl methyl sites for hydroxylation is 2. The van der Waals surface area contributed by atoms with E-state index >= 15 is 0 Å². The van der Waals surface area contributed by atoms with E-state index < -0.39 is 0 Å². The maximum Gasteiger partial charge on any atom is 0.0465 e. The second kappa shape index (κ2) is 7.55. The van der Waals surface area contributed by atoms with Crippen molar-refractivity contribution in [2.75, 3.05) is 20.3 Å². The van der Waals surface area contributed by atoms with Crippen LogP contribution in [-0.4, -0.2) is 20.3 Å². The van der Waals surface area contributed by atoms with Crippen molar-refractivity contribution in [3.63, 3.8) is 0 Å². The highest BCUT2D eigenvalue weighted by Crippen LogP contribution is 2.27. The predicted octanol–water partition coefficient (Wildman–Crippen LogP) is 3.63. The summed E-state index contributed by atoms with van der Waals surface area (Å²) in [6, 6.07) is 7.14. The van der Waals surface area contributed by atoms with Crippen molar-refractivity contribution in [1.29, 1.82) is 0 Å². The van der Waals surface area contributed by atoms with Gasteiger partial charge < -0.3 is 10.1 Å². The van der Waals surface area contributed by atoms with Gasteiger partial charge in [-0.2, -0.15) is 0 Å². The second-order valence-corrected chi connectivity index (χ2v) is 5.15. The van der Waals surface area contributed by atoms with E-state index in [9.17, 15) is 0 Å². The van der Waals surface area contributed by atoms with Gasteiger partial charge in [-0.3, -0.25) is 0 Å². The van der Waals surface area contributed by atoms with Crippen molar-refractivity contribution in [3.8, 4) is 0 Å². The molecular formula is C16H27NO. The SMILES string of the molecule is CCNC(c1cc(C)ccc1C)C(C)CCOC. The van der Waals surface area contributed by atoms with Gasteiger partial charge in [0.25, 0.3) is 0 Å². The van der Waals surface area contributed by atoms with Crippen molar-refractivity contribution in [2.24, 2.45) is 5.92 Å². The van der Waals surface area contributed by atoms with Crippen LogP contribution in [-0.2, 0) is 4.74 Å². The maximum atomic E-state index is 5.20. The minimum atomic E-state index is 0.421. The molecule has 0 aliphatic rings. The molecule has 1 aromatic rings. The Morgan fingerprint density at radius 2 is 2.00 bits per heavy atom. The third-order valence-corrected chi connectivity index (χ3v) is 3.54. The molecule has 0 aliphatic heterocycles. The van der Waals surface area contributed by atoms with Gasteiger partial charge in [-0.1, -0.05) is 37.6 Å². The molecule has 1 rings (SSSR count). The van der Waals surface area contributed by atoms with E-state index in [1.54, 1.807) is 7.11 Å². The van der Waals surface area contributed by atoms with E-state index in [4.69, 9.17) is 4.74 Å². The Balaban J connectivity index is 2.92. The van der Waals surface area contributed by atoms with E-state index in [-0.39, 0.29) is 0 Å². The molecule has 0 bridgehead atoms. The van der Waals surface area contributed by atoms with Gasteiger partial charge in [-0.15, -0.1) is 0 Å². The average molecular weight is 249 g/mol. The lowest BCUT2D eigenvalue weighted by atomic mass is 9.88. The molecule has 1 aromatic carbocycles. The summed E-state index contributed by atoms with van der Waals surface area (Å²) in [5, 5.41) is 3.62. The molecule has 0 radical (unpaired) electrons. The molecule has 2 unspecified atom stereocenters. The lowest BCUT2D eigenvalue weighted by molar-refractivity contribution is 0.170. The fourth-order valence-corrected chi connectivity index (χ4v) is 2.40. The predicted molar refractivity (Wildman–Crippen MR) is 78.0 cm³/mol. The standard InChI is InChI=1S/C16H27NO/c1-6-17-16(14(4)9-10-18-5)15-11-12(2)7-8-13(15)3/h7-8,11,14,16-17H,6,9-10H2,1-5H3. The number of hydrogen-bond acceptors (Lipinski definition) is 2. The molecule has 1 N–H and O–H groups in total. The van der Waals surface area contributed by atoms with Crippen LogP contribution in [0, 0.1) is 19.8 Å². The van der Waals surface area contributed by atoms with Crippen molar-refractivity contribution >= 4 is 0 Å². The minimum absolute atomic E-state index is 0.421. The van der Waals surface area contributed by atoms with E-state index in [2.05, 4.69) is 51.2 Å². The number of ether oxygens (including phenoxy) is 1. The lowest BCUT2D eigenvalue weighted by Gasteiger charge is -2.27. The molecule has 0 fully saturated rings. The molecule has 0 spiro atoms. The van der Waals surface area contributed by atoms with Gasteiger partial charge in [0.15, 0.2) is 0 Å². The third kappa shape index (κ3) is 4.11. The topological polar surface area (TPSA) is 21.3 Å².